The van der Waals surface area contributed by atoms with Crippen molar-refractivity contribution in [3.05, 3.63) is 30.3 Å². The van der Waals surface area contributed by atoms with E-state index in [0.29, 0.717) is 0 Å². The van der Waals surface area contributed by atoms with Gasteiger partial charge in [0.05, 0.1) is 6.61 Å². The Kier molecular flexibility index (Phi) is 6.99. The van der Waals surface area contributed by atoms with Crippen LogP contribution in [0, 0.1) is 0 Å². The second-order valence-electron chi connectivity index (χ2n) is 5.28. The highest BCUT2D eigenvalue weighted by molar-refractivity contribution is 7.99. The average molecular weight is 360 g/mol. The first-order chi connectivity index (χ1) is 11.4. The largest absolute Gasteiger partial charge is 0.479 e. The van der Waals surface area contributed by atoms with Crippen LogP contribution in [0.3, 0.4) is 0 Å². The summed E-state index contributed by atoms with van der Waals surface area (Å²) in [5, 5.41) is 47.7. The molecule has 0 spiro atoms. The Labute approximate surface area is 142 Å². The molecule has 6 atom stereocenters. The van der Waals surface area contributed by atoms with Crippen LogP contribution in [-0.2, 0) is 14.3 Å². The number of hydrogen-bond donors (Lipinski definition) is 5. The molecule has 0 bridgehead atoms. The number of rotatable bonds is 7. The number of benzene rings is 1. The minimum absolute atomic E-state index is 0.0500. The molecule has 2 rings (SSSR count). The Balaban J connectivity index is 2.00. The van der Waals surface area contributed by atoms with Gasteiger partial charge in [0.25, 0.3) is 0 Å². The smallest absolute Gasteiger partial charge is 0.333 e. The van der Waals surface area contributed by atoms with Gasteiger partial charge in [-0.1, -0.05) is 18.2 Å². The standard InChI is InChI=1S/C15H20O8S/c16-6-9-11(17)12(18)13(19)15(22-9)23-10(14(20)21)7-24-8-4-2-1-3-5-8/h1-5,9-13,15-19H,6-7H2,(H,20,21). The number of aliphatic carboxylic acids is 1. The summed E-state index contributed by atoms with van der Waals surface area (Å²) in [5.74, 6) is -1.20. The molecule has 1 aromatic carbocycles. The molecule has 0 saturated carbocycles. The number of hydrogen-bond acceptors (Lipinski definition) is 8. The van der Waals surface area contributed by atoms with Gasteiger partial charge in [-0.3, -0.25) is 0 Å². The van der Waals surface area contributed by atoms with Gasteiger partial charge in [0.15, 0.2) is 12.4 Å². The Bertz CT molecular complexity index is 525. The van der Waals surface area contributed by atoms with Crippen molar-refractivity contribution in [2.24, 2.45) is 0 Å². The number of carboxylic acids is 1. The zero-order valence-corrected chi connectivity index (χ0v) is 13.5. The quantitative estimate of drug-likeness (QED) is 0.390. The van der Waals surface area contributed by atoms with E-state index in [1.54, 1.807) is 0 Å². The fourth-order valence-corrected chi connectivity index (χ4v) is 3.11. The van der Waals surface area contributed by atoms with Crippen molar-refractivity contribution < 1.29 is 39.8 Å². The molecule has 24 heavy (non-hydrogen) atoms. The van der Waals surface area contributed by atoms with Crippen molar-refractivity contribution in [2.45, 2.75) is 41.7 Å². The highest BCUT2D eigenvalue weighted by Gasteiger charge is 2.45. The van der Waals surface area contributed by atoms with E-state index in [9.17, 15) is 25.2 Å². The molecule has 134 valence electrons. The third kappa shape index (κ3) is 4.67. The van der Waals surface area contributed by atoms with E-state index in [2.05, 4.69) is 0 Å². The number of thioether (sulfide) groups is 1. The van der Waals surface area contributed by atoms with Gasteiger partial charge >= 0.3 is 5.97 Å². The normalized spacial score (nSPS) is 31.6. The molecule has 1 aromatic rings. The first-order valence-electron chi connectivity index (χ1n) is 7.30. The molecular formula is C15H20O8S. The van der Waals surface area contributed by atoms with Crippen LogP contribution in [0.15, 0.2) is 35.2 Å². The van der Waals surface area contributed by atoms with Crippen LogP contribution < -0.4 is 0 Å². The zero-order valence-electron chi connectivity index (χ0n) is 12.6. The van der Waals surface area contributed by atoms with Gasteiger partial charge < -0.3 is 35.0 Å². The number of carbonyl (C=O) groups is 1. The minimum atomic E-state index is -1.63. The van der Waals surface area contributed by atoms with E-state index in [1.165, 1.54) is 11.8 Å². The number of aliphatic hydroxyl groups excluding tert-OH is 4. The summed E-state index contributed by atoms with van der Waals surface area (Å²) in [6.45, 7) is -0.610. The van der Waals surface area contributed by atoms with E-state index in [1.807, 2.05) is 30.3 Å². The summed E-state index contributed by atoms with van der Waals surface area (Å²) in [7, 11) is 0. The lowest BCUT2D eigenvalue weighted by molar-refractivity contribution is -0.308. The second-order valence-corrected chi connectivity index (χ2v) is 6.38. The first kappa shape index (κ1) is 19.1. The monoisotopic (exact) mass is 360 g/mol. The molecule has 0 amide bonds. The van der Waals surface area contributed by atoms with E-state index in [0.717, 1.165) is 4.90 Å². The molecule has 9 heteroatoms. The van der Waals surface area contributed by atoms with Crippen molar-refractivity contribution in [1.82, 2.24) is 0 Å². The Hall–Kier alpha value is -1.20. The molecule has 5 N–H and O–H groups in total. The molecule has 1 saturated heterocycles. The van der Waals surface area contributed by atoms with Gasteiger partial charge in [0.2, 0.25) is 0 Å². The fraction of sp³-hybridized carbons (Fsp3) is 0.533. The molecular weight excluding hydrogens is 340 g/mol. The lowest BCUT2D eigenvalue weighted by Crippen LogP contribution is -2.60. The van der Waals surface area contributed by atoms with Crippen molar-refractivity contribution in [2.75, 3.05) is 12.4 Å². The van der Waals surface area contributed by atoms with Crippen molar-refractivity contribution in [3.63, 3.8) is 0 Å². The van der Waals surface area contributed by atoms with Crippen molar-refractivity contribution >= 4 is 17.7 Å². The molecule has 6 unspecified atom stereocenters. The van der Waals surface area contributed by atoms with Crippen LogP contribution in [0.5, 0.6) is 0 Å². The maximum Gasteiger partial charge on any atom is 0.333 e. The number of carboxylic acid groups (broad SMARTS) is 1. The van der Waals surface area contributed by atoms with Gasteiger partial charge in [0.1, 0.15) is 24.4 Å². The van der Waals surface area contributed by atoms with Crippen LogP contribution in [-0.4, -0.2) is 80.7 Å². The third-order valence-electron chi connectivity index (χ3n) is 3.57. The maximum atomic E-state index is 11.4. The summed E-state index contributed by atoms with van der Waals surface area (Å²) in [4.78, 5) is 12.2. The highest BCUT2D eigenvalue weighted by atomic mass is 32.2. The molecule has 1 heterocycles. The van der Waals surface area contributed by atoms with Gasteiger partial charge in [-0.25, -0.2) is 4.79 Å². The van der Waals surface area contributed by atoms with Gasteiger partial charge in [-0.15, -0.1) is 11.8 Å². The molecule has 1 aliphatic rings. The minimum Gasteiger partial charge on any atom is -0.479 e. The van der Waals surface area contributed by atoms with E-state index < -0.39 is 49.4 Å². The van der Waals surface area contributed by atoms with Crippen LogP contribution in [0.1, 0.15) is 0 Å². The molecule has 8 nitrogen and oxygen atoms in total. The van der Waals surface area contributed by atoms with Crippen molar-refractivity contribution in [1.29, 1.82) is 0 Å². The van der Waals surface area contributed by atoms with Crippen molar-refractivity contribution in [3.8, 4) is 0 Å². The predicted octanol–water partition coefficient (Wildman–Crippen LogP) is -0.952. The summed E-state index contributed by atoms with van der Waals surface area (Å²) < 4.78 is 10.4. The summed E-state index contributed by atoms with van der Waals surface area (Å²) in [5.41, 5.74) is 0. The lowest BCUT2D eigenvalue weighted by atomic mass is 9.99. The van der Waals surface area contributed by atoms with E-state index >= 15 is 0 Å². The van der Waals surface area contributed by atoms with E-state index in [-0.39, 0.29) is 5.75 Å². The fourth-order valence-electron chi connectivity index (χ4n) is 2.20. The predicted molar refractivity (Wildman–Crippen MR) is 83.4 cm³/mol. The van der Waals surface area contributed by atoms with E-state index in [4.69, 9.17) is 14.6 Å². The summed E-state index contributed by atoms with van der Waals surface area (Å²) in [6, 6.07) is 9.10. The Morgan fingerprint density at radius 3 is 2.42 bits per heavy atom. The zero-order chi connectivity index (χ0) is 17.7. The summed E-state index contributed by atoms with van der Waals surface area (Å²) >= 11 is 1.25. The Morgan fingerprint density at radius 2 is 1.83 bits per heavy atom. The lowest BCUT2D eigenvalue weighted by Gasteiger charge is -2.40. The third-order valence-corrected chi connectivity index (χ3v) is 4.64. The topological polar surface area (TPSA) is 137 Å². The maximum absolute atomic E-state index is 11.4. The first-order valence-corrected chi connectivity index (χ1v) is 8.29. The number of aliphatic hydroxyl groups is 4. The van der Waals surface area contributed by atoms with Crippen LogP contribution in [0.4, 0.5) is 0 Å². The molecule has 1 aliphatic heterocycles. The summed E-state index contributed by atoms with van der Waals surface area (Å²) in [6.07, 6.45) is -8.70. The van der Waals surface area contributed by atoms with Gasteiger partial charge in [0, 0.05) is 10.6 Å². The van der Waals surface area contributed by atoms with Crippen LogP contribution >= 0.6 is 11.8 Å². The van der Waals surface area contributed by atoms with Crippen LogP contribution in [0.25, 0.3) is 0 Å². The average Bonchev–Trinajstić information content (AvgIpc) is 2.59. The van der Waals surface area contributed by atoms with Gasteiger partial charge in [-0.05, 0) is 12.1 Å². The highest BCUT2D eigenvalue weighted by Crippen LogP contribution is 2.25. The van der Waals surface area contributed by atoms with Gasteiger partial charge in [-0.2, -0.15) is 0 Å². The molecule has 0 aromatic heterocycles. The SMILES string of the molecule is O=C(O)C(CSc1ccccc1)OC1OC(CO)C(O)C(O)C1O. The van der Waals surface area contributed by atoms with Crippen LogP contribution in [0.2, 0.25) is 0 Å². The Morgan fingerprint density at radius 1 is 1.17 bits per heavy atom. The second kappa shape index (κ2) is 8.77. The molecule has 0 aliphatic carbocycles. The molecule has 0 radical (unpaired) electrons. The number of ether oxygens (including phenoxy) is 2. The molecule has 1 fully saturated rings.